The Balaban J connectivity index is 2.22. The van der Waals surface area contributed by atoms with Gasteiger partial charge in [0.1, 0.15) is 11.4 Å². The quantitative estimate of drug-likeness (QED) is 0.859. The summed E-state index contributed by atoms with van der Waals surface area (Å²) in [6, 6.07) is 4.30. The molecular weight excluding hydrogens is 292 g/mol. The largest absolute Gasteiger partial charge is 0.484 e. The molecule has 0 aromatic heterocycles. The van der Waals surface area contributed by atoms with E-state index in [1.54, 1.807) is 0 Å². The van der Waals surface area contributed by atoms with E-state index < -0.39 is 0 Å². The third kappa shape index (κ3) is 1.38. The number of halogens is 1. The maximum absolute atomic E-state index is 9.77. The van der Waals surface area contributed by atoms with E-state index in [-0.39, 0.29) is 17.6 Å². The average molecular weight is 311 g/mol. The first-order valence-corrected chi connectivity index (χ1v) is 7.33. The maximum atomic E-state index is 9.77. The fourth-order valence-electron chi connectivity index (χ4n) is 3.65. The van der Waals surface area contributed by atoms with Crippen molar-refractivity contribution in [3.63, 3.8) is 0 Å². The van der Waals surface area contributed by atoms with Crippen molar-refractivity contribution < 1.29 is 9.84 Å². The molecule has 1 N–H and O–H groups in total. The van der Waals surface area contributed by atoms with E-state index in [1.807, 2.05) is 0 Å². The summed E-state index contributed by atoms with van der Waals surface area (Å²) in [5.74, 6) is 1.31. The zero-order chi connectivity index (χ0) is 13.1. The van der Waals surface area contributed by atoms with E-state index in [1.165, 1.54) is 11.1 Å². The molecule has 1 aromatic carbocycles. The van der Waals surface area contributed by atoms with Crippen LogP contribution in [0.25, 0.3) is 0 Å². The van der Waals surface area contributed by atoms with Crippen LogP contribution in [-0.2, 0) is 5.41 Å². The zero-order valence-corrected chi connectivity index (χ0v) is 12.7. The zero-order valence-electron chi connectivity index (χ0n) is 11.1. The number of aryl methyl sites for hydroxylation is 1. The smallest absolute Gasteiger partial charge is 0.135 e. The first kappa shape index (κ1) is 12.5. The summed E-state index contributed by atoms with van der Waals surface area (Å²) in [5, 5.41) is 9.77. The Bertz CT molecular complexity index is 513. The minimum absolute atomic E-state index is 0.109. The Kier molecular flexibility index (Phi) is 2.59. The van der Waals surface area contributed by atoms with Gasteiger partial charge in [0.15, 0.2) is 0 Å². The maximum Gasteiger partial charge on any atom is 0.135 e. The molecule has 3 rings (SSSR count). The molecule has 1 aliphatic carbocycles. The van der Waals surface area contributed by atoms with Crippen LogP contribution in [0.2, 0.25) is 0 Å². The van der Waals surface area contributed by atoms with Crippen molar-refractivity contribution in [2.24, 2.45) is 5.92 Å². The SMILES string of the molecule is Cc1cc2c(cc1Br)[C@]1(C)CC[C@](CO)(O2)[C@H]1C. The minimum atomic E-state index is -0.373. The van der Waals surface area contributed by atoms with Crippen molar-refractivity contribution in [3.8, 4) is 5.75 Å². The van der Waals surface area contributed by atoms with Gasteiger partial charge in [-0.1, -0.05) is 29.8 Å². The van der Waals surface area contributed by atoms with Crippen LogP contribution in [0, 0.1) is 12.8 Å². The minimum Gasteiger partial charge on any atom is -0.484 e. The second-order valence-corrected chi connectivity index (χ2v) is 6.92. The highest BCUT2D eigenvalue weighted by molar-refractivity contribution is 9.10. The first-order valence-electron chi connectivity index (χ1n) is 6.53. The number of ether oxygens (including phenoxy) is 1. The van der Waals surface area contributed by atoms with E-state index in [2.05, 4.69) is 48.8 Å². The van der Waals surface area contributed by atoms with Crippen LogP contribution in [0.15, 0.2) is 16.6 Å². The number of hydrogen-bond acceptors (Lipinski definition) is 2. The van der Waals surface area contributed by atoms with Gasteiger partial charge in [-0.05, 0) is 37.5 Å². The highest BCUT2D eigenvalue weighted by Crippen LogP contribution is 2.58. The van der Waals surface area contributed by atoms with Gasteiger partial charge < -0.3 is 9.84 Å². The van der Waals surface area contributed by atoms with E-state index in [0.717, 1.165) is 23.1 Å². The lowest BCUT2D eigenvalue weighted by Gasteiger charge is -2.44. The lowest BCUT2D eigenvalue weighted by molar-refractivity contribution is -0.0395. The molecule has 0 amide bonds. The Labute approximate surface area is 116 Å². The van der Waals surface area contributed by atoms with Crippen LogP contribution in [0.4, 0.5) is 0 Å². The first-order chi connectivity index (χ1) is 8.43. The van der Waals surface area contributed by atoms with Crippen LogP contribution in [0.3, 0.4) is 0 Å². The molecule has 0 unspecified atom stereocenters. The molecule has 1 saturated carbocycles. The van der Waals surface area contributed by atoms with Gasteiger partial charge in [-0.2, -0.15) is 0 Å². The summed E-state index contributed by atoms with van der Waals surface area (Å²) >= 11 is 3.61. The molecule has 1 fully saturated rings. The summed E-state index contributed by atoms with van der Waals surface area (Å²) in [7, 11) is 0. The molecule has 0 radical (unpaired) electrons. The predicted molar refractivity (Wildman–Crippen MR) is 75.1 cm³/mol. The van der Waals surface area contributed by atoms with Crippen LogP contribution < -0.4 is 4.74 Å². The van der Waals surface area contributed by atoms with E-state index >= 15 is 0 Å². The summed E-state index contributed by atoms with van der Waals surface area (Å²) < 4.78 is 7.34. The lowest BCUT2D eigenvalue weighted by Crippen LogP contribution is -2.50. The van der Waals surface area contributed by atoms with Gasteiger partial charge in [-0.3, -0.25) is 0 Å². The predicted octanol–water partition coefficient (Wildman–Crippen LogP) is 3.57. The molecule has 2 aliphatic rings. The number of fused-ring (bicyclic) bond motifs is 4. The van der Waals surface area contributed by atoms with Gasteiger partial charge in [0.25, 0.3) is 0 Å². The van der Waals surface area contributed by atoms with Crippen molar-refractivity contribution >= 4 is 15.9 Å². The average Bonchev–Trinajstić information content (AvgIpc) is 2.52. The highest BCUT2D eigenvalue weighted by atomic mass is 79.9. The van der Waals surface area contributed by atoms with E-state index in [4.69, 9.17) is 4.74 Å². The third-order valence-electron chi connectivity index (χ3n) is 5.27. The van der Waals surface area contributed by atoms with Crippen molar-refractivity contribution in [1.82, 2.24) is 0 Å². The molecular formula is C15H19BrO2. The van der Waals surface area contributed by atoms with E-state index in [0.29, 0.717) is 5.92 Å². The van der Waals surface area contributed by atoms with Gasteiger partial charge in [0.05, 0.1) is 6.61 Å². The summed E-state index contributed by atoms with van der Waals surface area (Å²) in [5.41, 5.74) is 2.21. The fourth-order valence-corrected chi connectivity index (χ4v) is 3.99. The number of aliphatic hydroxyl groups is 1. The Morgan fingerprint density at radius 1 is 1.44 bits per heavy atom. The normalized spacial score (nSPS) is 37.3. The number of aliphatic hydroxyl groups excluding tert-OH is 1. The molecule has 1 heterocycles. The van der Waals surface area contributed by atoms with Crippen LogP contribution in [-0.4, -0.2) is 17.3 Å². The molecule has 1 aromatic rings. The molecule has 2 nitrogen and oxygen atoms in total. The van der Waals surface area contributed by atoms with Gasteiger partial charge in [-0.15, -0.1) is 0 Å². The Hall–Kier alpha value is -0.540. The summed E-state index contributed by atoms with van der Waals surface area (Å²) in [4.78, 5) is 0. The van der Waals surface area contributed by atoms with Crippen molar-refractivity contribution in [2.45, 2.75) is 44.6 Å². The molecule has 0 spiro atoms. The monoisotopic (exact) mass is 310 g/mol. The Morgan fingerprint density at radius 3 is 2.83 bits per heavy atom. The van der Waals surface area contributed by atoms with E-state index in [9.17, 15) is 5.11 Å². The highest BCUT2D eigenvalue weighted by Gasteiger charge is 2.58. The van der Waals surface area contributed by atoms with Gasteiger partial charge in [0, 0.05) is 21.4 Å². The number of benzene rings is 1. The standard InChI is InChI=1S/C15H19BrO2/c1-9-6-13-11(7-12(9)16)14(3)4-5-15(8-17,18-13)10(14)2/h6-7,10,17H,4-5,8H2,1-3H3/t10-,14+,15+/m0/s1. The molecule has 3 atom stereocenters. The van der Waals surface area contributed by atoms with Gasteiger partial charge in [0.2, 0.25) is 0 Å². The van der Waals surface area contributed by atoms with Crippen molar-refractivity contribution in [1.29, 1.82) is 0 Å². The third-order valence-corrected chi connectivity index (χ3v) is 6.12. The molecule has 0 saturated heterocycles. The van der Waals surface area contributed by atoms with Gasteiger partial charge in [-0.25, -0.2) is 0 Å². The van der Waals surface area contributed by atoms with Crippen LogP contribution >= 0.6 is 15.9 Å². The molecule has 3 heteroatoms. The lowest BCUT2D eigenvalue weighted by atomic mass is 9.69. The van der Waals surface area contributed by atoms with Crippen LogP contribution in [0.1, 0.15) is 37.8 Å². The summed E-state index contributed by atoms with van der Waals surface area (Å²) in [6.07, 6.45) is 2.02. The molecule has 1 aliphatic heterocycles. The molecule has 18 heavy (non-hydrogen) atoms. The van der Waals surface area contributed by atoms with Gasteiger partial charge >= 0.3 is 0 Å². The second-order valence-electron chi connectivity index (χ2n) is 6.06. The second kappa shape index (κ2) is 3.73. The number of rotatable bonds is 1. The van der Waals surface area contributed by atoms with Crippen molar-refractivity contribution in [3.05, 3.63) is 27.7 Å². The van der Waals surface area contributed by atoms with Crippen molar-refractivity contribution in [2.75, 3.05) is 6.61 Å². The molecule has 98 valence electrons. The Morgan fingerprint density at radius 2 is 2.17 bits per heavy atom. The molecule has 2 bridgehead atoms. The summed E-state index contributed by atoms with van der Waals surface area (Å²) in [6.45, 7) is 6.69. The topological polar surface area (TPSA) is 29.5 Å². The number of hydrogen-bond donors (Lipinski definition) is 1. The fraction of sp³-hybridized carbons (Fsp3) is 0.600. The van der Waals surface area contributed by atoms with Crippen LogP contribution in [0.5, 0.6) is 5.75 Å².